The Morgan fingerprint density at radius 3 is 2.31 bits per heavy atom. The molecule has 0 spiro atoms. The zero-order chi connectivity index (χ0) is 12.0. The minimum absolute atomic E-state index is 0.296. The van der Waals surface area contributed by atoms with Crippen LogP contribution in [0.4, 0.5) is 0 Å². The molecule has 3 nitrogen and oxygen atoms in total. The van der Waals surface area contributed by atoms with E-state index in [0.717, 1.165) is 19.3 Å². The van der Waals surface area contributed by atoms with Gasteiger partial charge in [0.25, 0.3) is 0 Å². The Labute approximate surface area is 98.6 Å². The summed E-state index contributed by atoms with van der Waals surface area (Å²) in [5, 5.41) is 12.6. The maximum absolute atomic E-state index is 11.3. The van der Waals surface area contributed by atoms with Crippen LogP contribution >= 0.6 is 0 Å². The monoisotopic (exact) mass is 227 g/mol. The van der Waals surface area contributed by atoms with Crippen molar-refractivity contribution in [2.24, 2.45) is 5.92 Å². The average molecular weight is 227 g/mol. The lowest BCUT2D eigenvalue weighted by molar-refractivity contribution is -0.141. The maximum atomic E-state index is 11.3. The highest BCUT2D eigenvalue weighted by Crippen LogP contribution is 2.26. The van der Waals surface area contributed by atoms with Gasteiger partial charge in [-0.1, -0.05) is 32.6 Å². The SMILES string of the molecule is CCC(C)NC(C(=O)O)C1CCCCCC1. The summed E-state index contributed by atoms with van der Waals surface area (Å²) in [6, 6.07) is -0.0441. The Balaban J connectivity index is 2.56. The summed E-state index contributed by atoms with van der Waals surface area (Å²) < 4.78 is 0. The predicted molar refractivity (Wildman–Crippen MR) is 65.5 cm³/mol. The number of carboxylic acids is 1. The molecule has 0 saturated heterocycles. The molecule has 94 valence electrons. The highest BCUT2D eigenvalue weighted by Gasteiger charge is 2.29. The first-order chi connectivity index (χ1) is 7.65. The van der Waals surface area contributed by atoms with Gasteiger partial charge in [0.1, 0.15) is 6.04 Å². The molecular weight excluding hydrogens is 202 g/mol. The minimum Gasteiger partial charge on any atom is -0.480 e. The number of hydrogen-bond acceptors (Lipinski definition) is 2. The molecule has 0 aromatic heterocycles. The van der Waals surface area contributed by atoms with Crippen LogP contribution in [0.2, 0.25) is 0 Å². The molecule has 0 radical (unpaired) electrons. The van der Waals surface area contributed by atoms with Crippen LogP contribution in [0.15, 0.2) is 0 Å². The average Bonchev–Trinajstić information content (AvgIpc) is 2.53. The molecule has 3 heteroatoms. The maximum Gasteiger partial charge on any atom is 0.320 e. The molecule has 0 aromatic rings. The van der Waals surface area contributed by atoms with E-state index in [1.54, 1.807) is 0 Å². The Morgan fingerprint density at radius 1 is 1.31 bits per heavy atom. The van der Waals surface area contributed by atoms with Crippen molar-refractivity contribution in [1.29, 1.82) is 0 Å². The van der Waals surface area contributed by atoms with Crippen LogP contribution in [0, 0.1) is 5.92 Å². The van der Waals surface area contributed by atoms with Gasteiger partial charge in [0.15, 0.2) is 0 Å². The van der Waals surface area contributed by atoms with Crippen LogP contribution in [-0.2, 0) is 4.79 Å². The van der Waals surface area contributed by atoms with E-state index in [0.29, 0.717) is 12.0 Å². The molecule has 0 bridgehead atoms. The van der Waals surface area contributed by atoms with Crippen LogP contribution in [0.5, 0.6) is 0 Å². The highest BCUT2D eigenvalue weighted by atomic mass is 16.4. The predicted octanol–water partition coefficient (Wildman–Crippen LogP) is 2.80. The third-order valence-corrected chi connectivity index (χ3v) is 3.71. The second-order valence-electron chi connectivity index (χ2n) is 5.04. The fourth-order valence-corrected chi connectivity index (χ4v) is 2.48. The summed E-state index contributed by atoms with van der Waals surface area (Å²) in [7, 11) is 0. The molecule has 0 heterocycles. The van der Waals surface area contributed by atoms with E-state index in [1.165, 1.54) is 25.7 Å². The second kappa shape index (κ2) is 6.89. The van der Waals surface area contributed by atoms with Gasteiger partial charge in [0.2, 0.25) is 0 Å². The van der Waals surface area contributed by atoms with Crippen molar-refractivity contribution in [2.75, 3.05) is 0 Å². The third-order valence-electron chi connectivity index (χ3n) is 3.71. The number of nitrogens with one attached hydrogen (secondary N) is 1. The van der Waals surface area contributed by atoms with Gasteiger partial charge in [0.05, 0.1) is 0 Å². The van der Waals surface area contributed by atoms with E-state index in [4.69, 9.17) is 0 Å². The molecule has 0 aliphatic heterocycles. The quantitative estimate of drug-likeness (QED) is 0.710. The zero-order valence-corrected chi connectivity index (χ0v) is 10.5. The standard InChI is InChI=1S/C13H25NO2/c1-3-10(2)14-12(13(15)16)11-8-6-4-5-7-9-11/h10-12,14H,3-9H2,1-2H3,(H,15,16). The van der Waals surface area contributed by atoms with E-state index in [9.17, 15) is 9.90 Å². The van der Waals surface area contributed by atoms with Crippen LogP contribution in [0.1, 0.15) is 58.8 Å². The topological polar surface area (TPSA) is 49.3 Å². The van der Waals surface area contributed by atoms with Crippen LogP contribution in [0.3, 0.4) is 0 Å². The molecule has 16 heavy (non-hydrogen) atoms. The van der Waals surface area contributed by atoms with Crippen molar-refractivity contribution in [3.05, 3.63) is 0 Å². The molecule has 1 aliphatic rings. The summed E-state index contributed by atoms with van der Waals surface area (Å²) in [4.78, 5) is 11.3. The largest absolute Gasteiger partial charge is 0.480 e. The van der Waals surface area contributed by atoms with Crippen molar-refractivity contribution >= 4 is 5.97 Å². The lowest BCUT2D eigenvalue weighted by atomic mass is 9.91. The fraction of sp³-hybridized carbons (Fsp3) is 0.923. The molecule has 0 amide bonds. The molecular formula is C13H25NO2. The van der Waals surface area contributed by atoms with E-state index in [2.05, 4.69) is 19.2 Å². The van der Waals surface area contributed by atoms with E-state index in [1.807, 2.05) is 0 Å². The molecule has 2 atom stereocenters. The van der Waals surface area contributed by atoms with Gasteiger partial charge in [0, 0.05) is 6.04 Å². The first kappa shape index (κ1) is 13.5. The third kappa shape index (κ3) is 4.12. The molecule has 2 unspecified atom stereocenters. The van der Waals surface area contributed by atoms with Crippen LogP contribution in [0.25, 0.3) is 0 Å². The molecule has 1 saturated carbocycles. The minimum atomic E-state index is -0.674. The van der Waals surface area contributed by atoms with Crippen LogP contribution < -0.4 is 5.32 Å². The number of carbonyl (C=O) groups is 1. The highest BCUT2D eigenvalue weighted by molar-refractivity contribution is 5.73. The Kier molecular flexibility index (Phi) is 5.81. The number of hydrogen-bond donors (Lipinski definition) is 2. The Morgan fingerprint density at radius 2 is 1.88 bits per heavy atom. The molecule has 2 N–H and O–H groups in total. The first-order valence-corrected chi connectivity index (χ1v) is 6.64. The van der Waals surface area contributed by atoms with Crippen molar-refractivity contribution < 1.29 is 9.90 Å². The number of rotatable bonds is 5. The van der Waals surface area contributed by atoms with Gasteiger partial charge in [-0.2, -0.15) is 0 Å². The van der Waals surface area contributed by atoms with E-state index < -0.39 is 5.97 Å². The van der Waals surface area contributed by atoms with Gasteiger partial charge in [-0.05, 0) is 32.1 Å². The van der Waals surface area contributed by atoms with Gasteiger partial charge >= 0.3 is 5.97 Å². The summed E-state index contributed by atoms with van der Waals surface area (Å²) in [6.45, 7) is 4.15. The lowest BCUT2D eigenvalue weighted by Crippen LogP contribution is -2.46. The Bertz CT molecular complexity index is 210. The second-order valence-corrected chi connectivity index (χ2v) is 5.04. The van der Waals surface area contributed by atoms with Gasteiger partial charge in [-0.3, -0.25) is 4.79 Å². The van der Waals surface area contributed by atoms with Gasteiger partial charge in [-0.25, -0.2) is 0 Å². The lowest BCUT2D eigenvalue weighted by Gasteiger charge is -2.26. The van der Waals surface area contributed by atoms with E-state index >= 15 is 0 Å². The molecule has 0 aromatic carbocycles. The van der Waals surface area contributed by atoms with Gasteiger partial charge < -0.3 is 10.4 Å². The first-order valence-electron chi connectivity index (χ1n) is 6.64. The normalized spacial score (nSPS) is 22.4. The van der Waals surface area contributed by atoms with Crippen molar-refractivity contribution in [3.63, 3.8) is 0 Å². The number of aliphatic carboxylic acids is 1. The van der Waals surface area contributed by atoms with Crippen molar-refractivity contribution in [3.8, 4) is 0 Å². The Hall–Kier alpha value is -0.570. The number of carboxylic acid groups (broad SMARTS) is 1. The van der Waals surface area contributed by atoms with Crippen molar-refractivity contribution in [1.82, 2.24) is 5.32 Å². The summed E-state index contributed by atoms with van der Waals surface area (Å²) in [5.41, 5.74) is 0. The smallest absolute Gasteiger partial charge is 0.320 e. The molecule has 1 rings (SSSR count). The van der Waals surface area contributed by atoms with Crippen LogP contribution in [-0.4, -0.2) is 23.2 Å². The summed E-state index contributed by atoms with van der Waals surface area (Å²) in [6.07, 6.45) is 8.04. The van der Waals surface area contributed by atoms with Gasteiger partial charge in [-0.15, -0.1) is 0 Å². The molecule has 1 aliphatic carbocycles. The summed E-state index contributed by atoms with van der Waals surface area (Å²) >= 11 is 0. The molecule has 1 fully saturated rings. The van der Waals surface area contributed by atoms with E-state index in [-0.39, 0.29) is 6.04 Å². The fourth-order valence-electron chi connectivity index (χ4n) is 2.48. The summed E-state index contributed by atoms with van der Waals surface area (Å²) in [5.74, 6) is -0.346. The zero-order valence-electron chi connectivity index (χ0n) is 10.5. The van der Waals surface area contributed by atoms with Crippen molar-refractivity contribution in [2.45, 2.75) is 70.9 Å².